The second-order valence-corrected chi connectivity index (χ2v) is 4.00. The SMILES string of the molecule is CCOc1cccc(C=O)c1OCc1ccccc1. The number of benzene rings is 2. The maximum Gasteiger partial charge on any atom is 0.172 e. The monoisotopic (exact) mass is 256 g/mol. The Morgan fingerprint density at radius 3 is 2.47 bits per heavy atom. The number of rotatable bonds is 6. The van der Waals surface area contributed by atoms with Crippen LogP contribution in [0.3, 0.4) is 0 Å². The van der Waals surface area contributed by atoms with Gasteiger partial charge in [-0.2, -0.15) is 0 Å². The molecule has 3 nitrogen and oxygen atoms in total. The van der Waals surface area contributed by atoms with E-state index in [9.17, 15) is 4.79 Å². The third-order valence-corrected chi connectivity index (χ3v) is 2.66. The molecule has 98 valence electrons. The average Bonchev–Trinajstić information content (AvgIpc) is 2.47. The molecule has 0 amide bonds. The summed E-state index contributed by atoms with van der Waals surface area (Å²) >= 11 is 0. The minimum Gasteiger partial charge on any atom is -0.490 e. The van der Waals surface area contributed by atoms with Gasteiger partial charge in [-0.15, -0.1) is 0 Å². The molecule has 2 rings (SSSR count). The molecular weight excluding hydrogens is 240 g/mol. The molecule has 0 bridgehead atoms. The van der Waals surface area contributed by atoms with Gasteiger partial charge in [-0.3, -0.25) is 4.79 Å². The van der Waals surface area contributed by atoms with Gasteiger partial charge in [0.05, 0.1) is 12.2 Å². The van der Waals surface area contributed by atoms with Gasteiger partial charge in [0.25, 0.3) is 0 Å². The van der Waals surface area contributed by atoms with Crippen molar-refractivity contribution in [2.24, 2.45) is 0 Å². The van der Waals surface area contributed by atoms with Gasteiger partial charge in [-0.05, 0) is 24.6 Å². The van der Waals surface area contributed by atoms with Crippen molar-refractivity contribution in [3.8, 4) is 11.5 Å². The van der Waals surface area contributed by atoms with Crippen LogP contribution in [0, 0.1) is 0 Å². The fraction of sp³-hybridized carbons (Fsp3) is 0.188. The van der Waals surface area contributed by atoms with E-state index in [0.717, 1.165) is 11.8 Å². The van der Waals surface area contributed by atoms with Gasteiger partial charge in [0, 0.05) is 0 Å². The summed E-state index contributed by atoms with van der Waals surface area (Å²) in [7, 11) is 0. The lowest BCUT2D eigenvalue weighted by Crippen LogP contribution is -2.02. The molecular formula is C16H16O3. The predicted octanol–water partition coefficient (Wildman–Crippen LogP) is 3.48. The second kappa shape index (κ2) is 6.59. The molecule has 0 aliphatic heterocycles. The number of carbonyl (C=O) groups is 1. The third kappa shape index (κ3) is 3.35. The molecule has 0 aliphatic rings. The van der Waals surface area contributed by atoms with Crippen LogP contribution in [0.2, 0.25) is 0 Å². The molecule has 0 saturated carbocycles. The highest BCUT2D eigenvalue weighted by Crippen LogP contribution is 2.31. The summed E-state index contributed by atoms with van der Waals surface area (Å²) in [6.07, 6.45) is 0.781. The van der Waals surface area contributed by atoms with E-state index >= 15 is 0 Å². The van der Waals surface area contributed by atoms with Gasteiger partial charge in [0.1, 0.15) is 6.61 Å². The first-order chi connectivity index (χ1) is 9.35. The van der Waals surface area contributed by atoms with E-state index in [-0.39, 0.29) is 0 Å². The number of para-hydroxylation sites is 1. The zero-order valence-corrected chi connectivity index (χ0v) is 10.8. The van der Waals surface area contributed by atoms with Gasteiger partial charge in [0.15, 0.2) is 17.8 Å². The van der Waals surface area contributed by atoms with Crippen LogP contribution < -0.4 is 9.47 Å². The smallest absolute Gasteiger partial charge is 0.172 e. The van der Waals surface area contributed by atoms with Crippen LogP contribution in [-0.2, 0) is 6.61 Å². The van der Waals surface area contributed by atoms with Crippen molar-refractivity contribution in [3.63, 3.8) is 0 Å². The first-order valence-electron chi connectivity index (χ1n) is 6.23. The molecule has 0 unspecified atom stereocenters. The van der Waals surface area contributed by atoms with Crippen LogP contribution in [-0.4, -0.2) is 12.9 Å². The van der Waals surface area contributed by atoms with Crippen molar-refractivity contribution >= 4 is 6.29 Å². The molecule has 0 fully saturated rings. The van der Waals surface area contributed by atoms with Crippen LogP contribution in [0.1, 0.15) is 22.8 Å². The lowest BCUT2D eigenvalue weighted by Gasteiger charge is -2.13. The molecule has 0 atom stereocenters. The minimum absolute atomic E-state index is 0.408. The lowest BCUT2D eigenvalue weighted by molar-refractivity contribution is 0.111. The van der Waals surface area contributed by atoms with E-state index < -0.39 is 0 Å². The Labute approximate surface area is 112 Å². The summed E-state index contributed by atoms with van der Waals surface area (Å²) in [5.41, 5.74) is 1.55. The molecule has 0 aliphatic carbocycles. The van der Waals surface area contributed by atoms with Gasteiger partial charge in [-0.1, -0.05) is 36.4 Å². The highest BCUT2D eigenvalue weighted by atomic mass is 16.5. The van der Waals surface area contributed by atoms with Gasteiger partial charge in [0.2, 0.25) is 0 Å². The van der Waals surface area contributed by atoms with Crippen molar-refractivity contribution in [2.45, 2.75) is 13.5 Å². The zero-order valence-electron chi connectivity index (χ0n) is 10.8. The molecule has 0 heterocycles. The summed E-state index contributed by atoms with van der Waals surface area (Å²) in [4.78, 5) is 11.1. The highest BCUT2D eigenvalue weighted by Gasteiger charge is 2.10. The van der Waals surface area contributed by atoms with Crippen molar-refractivity contribution in [1.82, 2.24) is 0 Å². The Balaban J connectivity index is 2.20. The van der Waals surface area contributed by atoms with E-state index in [1.54, 1.807) is 18.2 Å². The topological polar surface area (TPSA) is 35.5 Å². The fourth-order valence-corrected chi connectivity index (χ4v) is 1.78. The number of hydrogen-bond acceptors (Lipinski definition) is 3. The Morgan fingerprint density at radius 2 is 1.79 bits per heavy atom. The Bertz CT molecular complexity index is 535. The number of ether oxygens (including phenoxy) is 2. The minimum atomic E-state index is 0.408. The van der Waals surface area contributed by atoms with Gasteiger partial charge in [-0.25, -0.2) is 0 Å². The lowest BCUT2D eigenvalue weighted by atomic mass is 10.2. The van der Waals surface area contributed by atoms with Gasteiger partial charge < -0.3 is 9.47 Å². The van der Waals surface area contributed by atoms with E-state index in [2.05, 4.69) is 0 Å². The van der Waals surface area contributed by atoms with Crippen molar-refractivity contribution in [3.05, 3.63) is 59.7 Å². The number of hydrogen-bond donors (Lipinski definition) is 0. The molecule has 0 radical (unpaired) electrons. The van der Waals surface area contributed by atoms with Crippen molar-refractivity contribution < 1.29 is 14.3 Å². The molecule has 3 heteroatoms. The first-order valence-corrected chi connectivity index (χ1v) is 6.23. The molecule has 0 saturated heterocycles. The van der Waals surface area contributed by atoms with Crippen molar-refractivity contribution in [2.75, 3.05) is 6.61 Å². The summed E-state index contributed by atoms with van der Waals surface area (Å²) < 4.78 is 11.2. The second-order valence-electron chi connectivity index (χ2n) is 4.00. The third-order valence-electron chi connectivity index (χ3n) is 2.66. The predicted molar refractivity (Wildman–Crippen MR) is 73.8 cm³/mol. The molecule has 2 aromatic carbocycles. The normalized spacial score (nSPS) is 9.95. The quantitative estimate of drug-likeness (QED) is 0.742. The molecule has 0 N–H and O–H groups in total. The van der Waals surface area contributed by atoms with Crippen LogP contribution in [0.15, 0.2) is 48.5 Å². The summed E-state index contributed by atoms with van der Waals surface area (Å²) in [5.74, 6) is 1.10. The van der Waals surface area contributed by atoms with Crippen molar-refractivity contribution in [1.29, 1.82) is 0 Å². The summed E-state index contributed by atoms with van der Waals surface area (Å²) in [5, 5.41) is 0. The first kappa shape index (κ1) is 13.1. The maximum atomic E-state index is 11.1. The van der Waals surface area contributed by atoms with E-state index in [0.29, 0.717) is 30.3 Å². The Morgan fingerprint density at radius 1 is 1.00 bits per heavy atom. The van der Waals surface area contributed by atoms with E-state index in [4.69, 9.17) is 9.47 Å². The Kier molecular flexibility index (Phi) is 4.56. The molecule has 0 spiro atoms. The van der Waals surface area contributed by atoms with E-state index in [1.807, 2.05) is 37.3 Å². The fourth-order valence-electron chi connectivity index (χ4n) is 1.78. The van der Waals surface area contributed by atoms with Gasteiger partial charge >= 0.3 is 0 Å². The summed E-state index contributed by atoms with van der Waals surface area (Å²) in [6.45, 7) is 2.84. The molecule has 19 heavy (non-hydrogen) atoms. The van der Waals surface area contributed by atoms with E-state index in [1.165, 1.54) is 0 Å². The summed E-state index contributed by atoms with van der Waals surface area (Å²) in [6, 6.07) is 15.1. The molecule has 0 aromatic heterocycles. The average molecular weight is 256 g/mol. The van der Waals surface area contributed by atoms with Crippen LogP contribution in [0.4, 0.5) is 0 Å². The zero-order chi connectivity index (χ0) is 13.5. The maximum absolute atomic E-state index is 11.1. The molecule has 2 aromatic rings. The van der Waals surface area contributed by atoms with Crippen LogP contribution >= 0.6 is 0 Å². The number of aldehydes is 1. The number of carbonyl (C=O) groups excluding carboxylic acids is 1. The van der Waals surface area contributed by atoms with Crippen LogP contribution in [0.5, 0.6) is 11.5 Å². The Hall–Kier alpha value is -2.29. The largest absolute Gasteiger partial charge is 0.490 e. The van der Waals surface area contributed by atoms with Crippen LogP contribution in [0.25, 0.3) is 0 Å². The highest BCUT2D eigenvalue weighted by molar-refractivity contribution is 5.81. The standard InChI is InChI=1S/C16H16O3/c1-2-18-15-10-6-9-14(11-17)16(15)19-12-13-7-4-3-5-8-13/h3-11H,2,12H2,1H3.